The van der Waals surface area contributed by atoms with E-state index in [2.05, 4.69) is 5.32 Å². The van der Waals surface area contributed by atoms with Crippen molar-refractivity contribution in [1.29, 1.82) is 0 Å². The summed E-state index contributed by atoms with van der Waals surface area (Å²) >= 11 is 0. The fourth-order valence-corrected chi connectivity index (χ4v) is 1.47. The van der Waals surface area contributed by atoms with E-state index in [1.54, 1.807) is 12.1 Å². The molecule has 0 spiro atoms. The van der Waals surface area contributed by atoms with Gasteiger partial charge >= 0.3 is 6.18 Å². The highest BCUT2D eigenvalue weighted by Gasteiger charge is 2.31. The number of phenolic OH excluding ortho intramolecular Hbond substituents is 1. The van der Waals surface area contributed by atoms with E-state index >= 15 is 0 Å². The minimum Gasteiger partial charge on any atom is -0.508 e. The summed E-state index contributed by atoms with van der Waals surface area (Å²) in [5, 5.41) is 11.7. The van der Waals surface area contributed by atoms with Gasteiger partial charge in [0, 0.05) is 6.04 Å². The van der Waals surface area contributed by atoms with Crippen LogP contribution < -0.4 is 5.32 Å². The van der Waals surface area contributed by atoms with Crippen molar-refractivity contribution in [2.75, 3.05) is 7.05 Å². The highest BCUT2D eigenvalue weighted by Crippen LogP contribution is 2.23. The van der Waals surface area contributed by atoms with Gasteiger partial charge in [-0.1, -0.05) is 12.1 Å². The first-order valence-electron chi connectivity index (χ1n) is 4.92. The second kappa shape index (κ2) is 5.21. The Balaban J connectivity index is 2.60. The summed E-state index contributed by atoms with van der Waals surface area (Å²) in [5.41, 5.74) is 0.765. The first kappa shape index (κ1) is 12.8. The molecule has 1 rings (SSSR count). The third kappa shape index (κ3) is 4.53. The van der Waals surface area contributed by atoms with Crippen LogP contribution in [-0.2, 0) is 6.42 Å². The Labute approximate surface area is 92.1 Å². The van der Waals surface area contributed by atoms with E-state index in [1.165, 1.54) is 19.2 Å². The molecule has 0 radical (unpaired) electrons. The second-order valence-electron chi connectivity index (χ2n) is 3.68. The number of hydrogen-bond donors (Lipinski definition) is 2. The lowest BCUT2D eigenvalue weighted by Gasteiger charge is -2.18. The number of nitrogens with one attached hydrogen (secondary N) is 1. The monoisotopic (exact) mass is 233 g/mol. The molecular formula is C11H14F3NO. The summed E-state index contributed by atoms with van der Waals surface area (Å²) in [6.07, 6.45) is -4.73. The number of hydrogen-bond acceptors (Lipinski definition) is 2. The van der Waals surface area contributed by atoms with Crippen LogP contribution in [0.4, 0.5) is 13.2 Å². The first-order chi connectivity index (χ1) is 7.40. The van der Waals surface area contributed by atoms with Crippen LogP contribution in [0.3, 0.4) is 0 Å². The minimum absolute atomic E-state index is 0.112. The lowest BCUT2D eigenvalue weighted by atomic mass is 10.0. The van der Waals surface area contributed by atoms with Crippen molar-refractivity contribution in [1.82, 2.24) is 5.32 Å². The van der Waals surface area contributed by atoms with Gasteiger partial charge in [-0.25, -0.2) is 0 Å². The smallest absolute Gasteiger partial charge is 0.390 e. The maximum atomic E-state index is 12.2. The number of benzene rings is 1. The van der Waals surface area contributed by atoms with Gasteiger partial charge in [-0.15, -0.1) is 0 Å². The van der Waals surface area contributed by atoms with Gasteiger partial charge in [0.2, 0.25) is 0 Å². The molecule has 0 aromatic heterocycles. The molecule has 16 heavy (non-hydrogen) atoms. The Morgan fingerprint density at radius 3 is 2.25 bits per heavy atom. The van der Waals surface area contributed by atoms with E-state index in [0.29, 0.717) is 0 Å². The van der Waals surface area contributed by atoms with E-state index in [0.717, 1.165) is 5.56 Å². The van der Waals surface area contributed by atoms with Crippen molar-refractivity contribution in [2.45, 2.75) is 25.1 Å². The van der Waals surface area contributed by atoms with Crippen LogP contribution in [0, 0.1) is 0 Å². The number of rotatable bonds is 4. The molecule has 0 fully saturated rings. The van der Waals surface area contributed by atoms with E-state index in [9.17, 15) is 13.2 Å². The Morgan fingerprint density at radius 1 is 1.25 bits per heavy atom. The van der Waals surface area contributed by atoms with Crippen LogP contribution in [0.15, 0.2) is 24.3 Å². The van der Waals surface area contributed by atoms with E-state index < -0.39 is 18.6 Å². The fraction of sp³-hybridized carbons (Fsp3) is 0.455. The molecule has 0 heterocycles. The van der Waals surface area contributed by atoms with Gasteiger partial charge < -0.3 is 10.4 Å². The predicted molar refractivity (Wildman–Crippen MR) is 55.3 cm³/mol. The molecule has 1 aromatic carbocycles. The van der Waals surface area contributed by atoms with Crippen molar-refractivity contribution in [3.8, 4) is 5.75 Å². The molecule has 5 heteroatoms. The molecule has 1 atom stereocenters. The summed E-state index contributed by atoms with van der Waals surface area (Å²) < 4.78 is 36.5. The molecule has 0 aliphatic rings. The van der Waals surface area contributed by atoms with Gasteiger partial charge in [0.05, 0.1) is 6.42 Å². The van der Waals surface area contributed by atoms with Crippen molar-refractivity contribution in [3.63, 3.8) is 0 Å². The normalized spacial score (nSPS) is 13.8. The molecule has 0 amide bonds. The van der Waals surface area contributed by atoms with Gasteiger partial charge in [-0.2, -0.15) is 13.2 Å². The summed E-state index contributed by atoms with van der Waals surface area (Å²) in [6.45, 7) is 0. The third-order valence-corrected chi connectivity index (χ3v) is 2.30. The fourth-order valence-electron chi connectivity index (χ4n) is 1.47. The van der Waals surface area contributed by atoms with E-state index in [1.807, 2.05) is 0 Å². The second-order valence-corrected chi connectivity index (χ2v) is 3.68. The zero-order valence-corrected chi connectivity index (χ0v) is 8.88. The van der Waals surface area contributed by atoms with E-state index in [4.69, 9.17) is 5.11 Å². The SMILES string of the molecule is CNC(Cc1ccc(O)cc1)CC(F)(F)F. The molecule has 1 aromatic rings. The van der Waals surface area contributed by atoms with Crippen LogP contribution in [0.1, 0.15) is 12.0 Å². The Morgan fingerprint density at radius 2 is 1.81 bits per heavy atom. The lowest BCUT2D eigenvalue weighted by molar-refractivity contribution is -0.139. The standard InChI is InChI=1S/C11H14F3NO/c1-15-9(7-11(12,13)14)6-8-2-4-10(16)5-3-8/h2-5,9,15-16H,6-7H2,1H3. The van der Waals surface area contributed by atoms with Crippen LogP contribution in [0.2, 0.25) is 0 Å². The number of alkyl halides is 3. The molecule has 0 saturated heterocycles. The Hall–Kier alpha value is -1.23. The summed E-state index contributed by atoms with van der Waals surface area (Å²) in [7, 11) is 1.51. The number of phenols is 1. The zero-order chi connectivity index (χ0) is 12.2. The summed E-state index contributed by atoms with van der Waals surface area (Å²) in [4.78, 5) is 0. The average molecular weight is 233 g/mol. The van der Waals surface area contributed by atoms with Crippen molar-refractivity contribution in [2.24, 2.45) is 0 Å². The van der Waals surface area contributed by atoms with Gasteiger partial charge in [-0.3, -0.25) is 0 Å². The maximum absolute atomic E-state index is 12.2. The molecule has 0 aliphatic heterocycles. The molecular weight excluding hydrogens is 219 g/mol. The summed E-state index contributed by atoms with van der Waals surface area (Å²) in [5.74, 6) is 0.112. The molecule has 2 nitrogen and oxygen atoms in total. The molecule has 90 valence electrons. The van der Waals surface area contributed by atoms with Crippen LogP contribution >= 0.6 is 0 Å². The molecule has 1 unspecified atom stereocenters. The van der Waals surface area contributed by atoms with Crippen molar-refractivity contribution in [3.05, 3.63) is 29.8 Å². The minimum atomic E-state index is -4.16. The highest BCUT2D eigenvalue weighted by molar-refractivity contribution is 5.26. The number of halogens is 3. The van der Waals surface area contributed by atoms with Crippen LogP contribution in [0.25, 0.3) is 0 Å². The van der Waals surface area contributed by atoms with Crippen LogP contribution in [0.5, 0.6) is 5.75 Å². The van der Waals surface area contributed by atoms with Crippen molar-refractivity contribution >= 4 is 0 Å². The van der Waals surface area contributed by atoms with Gasteiger partial charge in [-0.05, 0) is 31.2 Å². The Bertz CT molecular complexity index is 321. The molecule has 0 saturated carbocycles. The van der Waals surface area contributed by atoms with Crippen LogP contribution in [-0.4, -0.2) is 24.4 Å². The number of likely N-dealkylation sites (N-methyl/N-ethyl adjacent to an activating group) is 1. The summed E-state index contributed by atoms with van der Waals surface area (Å²) in [6, 6.07) is 5.54. The average Bonchev–Trinajstić information content (AvgIpc) is 2.18. The molecule has 2 N–H and O–H groups in total. The quantitative estimate of drug-likeness (QED) is 0.837. The zero-order valence-electron chi connectivity index (χ0n) is 8.88. The maximum Gasteiger partial charge on any atom is 0.390 e. The van der Waals surface area contributed by atoms with Gasteiger partial charge in [0.1, 0.15) is 5.75 Å². The topological polar surface area (TPSA) is 32.3 Å². The van der Waals surface area contributed by atoms with E-state index in [-0.39, 0.29) is 12.2 Å². The molecule has 0 aliphatic carbocycles. The molecule has 0 bridgehead atoms. The first-order valence-corrected chi connectivity index (χ1v) is 4.92. The Kier molecular flexibility index (Phi) is 4.18. The largest absolute Gasteiger partial charge is 0.508 e. The predicted octanol–water partition coefficient (Wildman–Crippen LogP) is 2.48. The highest BCUT2D eigenvalue weighted by atomic mass is 19.4. The van der Waals surface area contributed by atoms with Gasteiger partial charge in [0.15, 0.2) is 0 Å². The lowest BCUT2D eigenvalue weighted by Crippen LogP contribution is -2.32. The van der Waals surface area contributed by atoms with Crippen molar-refractivity contribution < 1.29 is 18.3 Å². The van der Waals surface area contributed by atoms with Gasteiger partial charge in [0.25, 0.3) is 0 Å². The number of aromatic hydroxyl groups is 1. The third-order valence-electron chi connectivity index (χ3n) is 2.30.